The summed E-state index contributed by atoms with van der Waals surface area (Å²) in [5.41, 5.74) is 3.14. The zero-order valence-electron chi connectivity index (χ0n) is 21.0. The lowest BCUT2D eigenvalue weighted by atomic mass is 9.77. The topological polar surface area (TPSA) is 58.0 Å². The van der Waals surface area contributed by atoms with Crippen LogP contribution in [-0.4, -0.2) is 28.0 Å². The Morgan fingerprint density at radius 2 is 1.57 bits per heavy atom. The molecule has 1 unspecified atom stereocenters. The summed E-state index contributed by atoms with van der Waals surface area (Å²) in [6.45, 7) is 4.11. The third-order valence-corrected chi connectivity index (χ3v) is 7.24. The third kappa shape index (κ3) is 4.51. The summed E-state index contributed by atoms with van der Waals surface area (Å²) in [7, 11) is 0. The molecule has 1 atom stereocenters. The lowest BCUT2D eigenvalue weighted by Crippen LogP contribution is -2.47. The molecule has 0 aliphatic carbocycles. The van der Waals surface area contributed by atoms with E-state index in [9.17, 15) is 0 Å². The molecule has 0 N–H and O–H groups in total. The Morgan fingerprint density at radius 1 is 0.838 bits per heavy atom. The fourth-order valence-corrected chi connectivity index (χ4v) is 5.41. The van der Waals surface area contributed by atoms with Gasteiger partial charge in [-0.1, -0.05) is 62.2 Å². The van der Waals surface area contributed by atoms with Gasteiger partial charge in [-0.15, -0.1) is 0 Å². The number of rotatable bonds is 10. The minimum atomic E-state index is -0.432. The van der Waals surface area contributed by atoms with Crippen molar-refractivity contribution in [3.8, 4) is 23.0 Å². The maximum atomic E-state index is 5.84. The average Bonchev–Trinajstić information content (AvgIpc) is 3.71. The highest BCUT2D eigenvalue weighted by molar-refractivity contribution is 5.50. The third-order valence-electron chi connectivity index (χ3n) is 7.24. The maximum absolute atomic E-state index is 5.84. The zero-order valence-corrected chi connectivity index (χ0v) is 21.0. The highest BCUT2D eigenvalue weighted by Crippen LogP contribution is 2.46. The number of hydrogen-bond acceptors (Lipinski definition) is 6. The normalized spacial score (nSPS) is 15.2. The van der Waals surface area contributed by atoms with Crippen molar-refractivity contribution in [2.75, 3.05) is 13.6 Å². The Morgan fingerprint density at radius 3 is 2.30 bits per heavy atom. The van der Waals surface area contributed by atoms with Crippen LogP contribution >= 0.6 is 0 Å². The van der Waals surface area contributed by atoms with E-state index in [0.717, 1.165) is 47.8 Å². The van der Waals surface area contributed by atoms with Crippen molar-refractivity contribution in [1.29, 1.82) is 0 Å². The minimum absolute atomic E-state index is 0.252. The number of benzene rings is 3. The predicted octanol–water partition coefficient (Wildman–Crippen LogP) is 5.93. The molecule has 7 heteroatoms. The van der Waals surface area contributed by atoms with Crippen molar-refractivity contribution >= 4 is 0 Å². The summed E-state index contributed by atoms with van der Waals surface area (Å²) in [4.78, 5) is 6.87. The summed E-state index contributed by atoms with van der Waals surface area (Å²) >= 11 is 0. The molecule has 3 heterocycles. The summed E-state index contributed by atoms with van der Waals surface area (Å²) < 4.78 is 24.9. The molecule has 4 aromatic rings. The van der Waals surface area contributed by atoms with E-state index >= 15 is 0 Å². The van der Waals surface area contributed by atoms with Crippen molar-refractivity contribution in [2.45, 2.75) is 44.9 Å². The van der Waals surface area contributed by atoms with Crippen molar-refractivity contribution in [3.05, 3.63) is 102 Å². The van der Waals surface area contributed by atoms with Gasteiger partial charge >= 0.3 is 0 Å². The molecule has 2 aliphatic heterocycles. The van der Waals surface area contributed by atoms with Gasteiger partial charge in [-0.2, -0.15) is 0 Å². The van der Waals surface area contributed by atoms with Gasteiger partial charge in [0.25, 0.3) is 0 Å². The van der Waals surface area contributed by atoms with Crippen LogP contribution < -0.4 is 18.9 Å². The molecule has 2 aliphatic rings. The van der Waals surface area contributed by atoms with Crippen molar-refractivity contribution in [1.82, 2.24) is 14.5 Å². The van der Waals surface area contributed by atoms with E-state index in [4.69, 9.17) is 18.9 Å². The second kappa shape index (κ2) is 10.2. The highest BCUT2D eigenvalue weighted by Gasteiger charge is 2.41. The van der Waals surface area contributed by atoms with E-state index in [0.29, 0.717) is 13.2 Å². The van der Waals surface area contributed by atoms with Gasteiger partial charge < -0.3 is 23.5 Å². The van der Waals surface area contributed by atoms with E-state index in [1.807, 2.05) is 30.9 Å². The maximum Gasteiger partial charge on any atom is 0.231 e. The van der Waals surface area contributed by atoms with Crippen LogP contribution in [0.25, 0.3) is 0 Å². The second-order valence-electron chi connectivity index (χ2n) is 9.50. The standard InChI is InChI=1S/C30H31N3O4/c1-2-3-13-30(24-7-5-4-6-8-24,25-10-12-27-29(17-25)37-22-35-27)33(20-32-15-14-31-19-32)18-23-9-11-26-28(16-23)36-21-34-26/h4-12,14-17,19H,2-3,13,18,20-22H2,1H3. The minimum Gasteiger partial charge on any atom is -0.454 e. The molecule has 1 aromatic heterocycles. The zero-order chi connectivity index (χ0) is 25.1. The lowest BCUT2D eigenvalue weighted by Gasteiger charge is -2.45. The molecule has 0 saturated carbocycles. The molecule has 190 valence electrons. The Hall–Kier alpha value is -3.97. The second-order valence-corrected chi connectivity index (χ2v) is 9.50. The van der Waals surface area contributed by atoms with E-state index in [1.54, 1.807) is 0 Å². The van der Waals surface area contributed by atoms with Gasteiger partial charge in [0.05, 0.1) is 18.5 Å². The molecule has 0 spiro atoms. The van der Waals surface area contributed by atoms with E-state index in [1.165, 1.54) is 11.1 Å². The van der Waals surface area contributed by atoms with Gasteiger partial charge in [-0.05, 0) is 47.4 Å². The number of unbranched alkanes of at least 4 members (excludes halogenated alkanes) is 1. The molecule has 0 bridgehead atoms. The van der Waals surface area contributed by atoms with Gasteiger partial charge in [-0.25, -0.2) is 4.98 Å². The van der Waals surface area contributed by atoms with Crippen LogP contribution in [0, 0.1) is 0 Å². The van der Waals surface area contributed by atoms with Crippen molar-refractivity contribution in [2.24, 2.45) is 0 Å². The number of aromatic nitrogens is 2. The van der Waals surface area contributed by atoms with E-state index < -0.39 is 5.54 Å². The first kappa shape index (κ1) is 23.4. The molecule has 7 nitrogen and oxygen atoms in total. The summed E-state index contributed by atoms with van der Waals surface area (Å²) in [5, 5.41) is 0. The first-order valence-electron chi connectivity index (χ1n) is 12.8. The summed E-state index contributed by atoms with van der Waals surface area (Å²) in [6, 6.07) is 23.4. The molecule has 37 heavy (non-hydrogen) atoms. The number of nitrogens with zero attached hydrogens (tertiary/aromatic N) is 3. The number of hydrogen-bond donors (Lipinski definition) is 0. The Kier molecular flexibility index (Phi) is 6.45. The van der Waals surface area contributed by atoms with Gasteiger partial charge in [0.15, 0.2) is 23.0 Å². The fraction of sp³-hybridized carbons (Fsp3) is 0.300. The van der Waals surface area contributed by atoms with Crippen LogP contribution in [-0.2, 0) is 18.8 Å². The molecular weight excluding hydrogens is 466 g/mol. The number of imidazole rings is 1. The molecule has 0 radical (unpaired) electrons. The van der Waals surface area contributed by atoms with Gasteiger partial charge in [-0.3, -0.25) is 4.90 Å². The van der Waals surface area contributed by atoms with Crippen LogP contribution in [0.3, 0.4) is 0 Å². The van der Waals surface area contributed by atoms with E-state index in [2.05, 4.69) is 76.0 Å². The van der Waals surface area contributed by atoms with Crippen molar-refractivity contribution < 1.29 is 18.9 Å². The van der Waals surface area contributed by atoms with Crippen LogP contribution in [0.4, 0.5) is 0 Å². The van der Waals surface area contributed by atoms with Gasteiger partial charge in [0, 0.05) is 18.9 Å². The van der Waals surface area contributed by atoms with Crippen LogP contribution in [0.5, 0.6) is 23.0 Å². The molecule has 6 rings (SSSR count). The van der Waals surface area contributed by atoms with Gasteiger partial charge in [0.1, 0.15) is 0 Å². The molecule has 0 amide bonds. The smallest absolute Gasteiger partial charge is 0.231 e. The lowest BCUT2D eigenvalue weighted by molar-refractivity contribution is 0.0649. The number of fused-ring (bicyclic) bond motifs is 2. The monoisotopic (exact) mass is 497 g/mol. The fourth-order valence-electron chi connectivity index (χ4n) is 5.41. The first-order chi connectivity index (χ1) is 18.3. The van der Waals surface area contributed by atoms with E-state index in [-0.39, 0.29) is 13.6 Å². The molecule has 3 aromatic carbocycles. The average molecular weight is 498 g/mol. The van der Waals surface area contributed by atoms with Crippen LogP contribution in [0.2, 0.25) is 0 Å². The van der Waals surface area contributed by atoms with Crippen LogP contribution in [0.1, 0.15) is 42.9 Å². The molecular formula is C30H31N3O4. The quantitative estimate of drug-likeness (QED) is 0.271. The molecule has 0 fully saturated rings. The Bertz CT molecular complexity index is 1340. The molecule has 0 saturated heterocycles. The van der Waals surface area contributed by atoms with Crippen molar-refractivity contribution in [3.63, 3.8) is 0 Å². The number of ether oxygens (including phenoxy) is 4. The largest absolute Gasteiger partial charge is 0.454 e. The van der Waals surface area contributed by atoms with Crippen LogP contribution in [0.15, 0.2) is 85.5 Å². The highest BCUT2D eigenvalue weighted by atomic mass is 16.7. The Balaban J connectivity index is 1.52. The SMILES string of the molecule is CCCCC(c1ccccc1)(c1ccc2c(c1)OCO2)N(Cc1ccc2c(c1)OCO2)Cn1ccnc1. The summed E-state index contributed by atoms with van der Waals surface area (Å²) in [6.07, 6.45) is 8.80. The summed E-state index contributed by atoms with van der Waals surface area (Å²) in [5.74, 6) is 3.17. The van der Waals surface area contributed by atoms with Gasteiger partial charge in [0.2, 0.25) is 13.6 Å². The predicted molar refractivity (Wildman–Crippen MR) is 140 cm³/mol. The first-order valence-corrected chi connectivity index (χ1v) is 12.8. The Labute approximate surface area is 217 Å².